The van der Waals surface area contributed by atoms with Crippen LogP contribution in [0.3, 0.4) is 0 Å². The third-order valence-electron chi connectivity index (χ3n) is 4.63. The quantitative estimate of drug-likeness (QED) is 0.894. The maximum atomic E-state index is 12.7. The largest absolute Gasteiger partial charge is 0.347 e. The van der Waals surface area contributed by atoms with Gasteiger partial charge in [-0.25, -0.2) is 0 Å². The molecule has 1 aromatic carbocycles. The molecule has 2 heterocycles. The topological polar surface area (TPSA) is 67.2 Å². The van der Waals surface area contributed by atoms with Crippen molar-refractivity contribution in [3.63, 3.8) is 0 Å². The molecule has 0 saturated carbocycles. The molecule has 0 radical (unpaired) electrons. The molecule has 0 fully saturated rings. The van der Waals surface area contributed by atoms with Gasteiger partial charge in [0.1, 0.15) is 0 Å². The average Bonchev–Trinajstić information content (AvgIpc) is 2.96. The molecule has 7 heteroatoms. The number of carbonyl (C=O) groups excluding carboxylic acids is 2. The Morgan fingerprint density at radius 2 is 1.96 bits per heavy atom. The van der Waals surface area contributed by atoms with Gasteiger partial charge in [-0.05, 0) is 17.7 Å². The first kappa shape index (κ1) is 18.5. The van der Waals surface area contributed by atoms with Crippen molar-refractivity contribution in [2.24, 2.45) is 13.0 Å². The van der Waals surface area contributed by atoms with Crippen LogP contribution in [0, 0.1) is 5.92 Å². The molecule has 138 valence electrons. The van der Waals surface area contributed by atoms with Crippen LogP contribution in [0.4, 0.5) is 0 Å². The lowest BCUT2D eigenvalue weighted by Crippen LogP contribution is -2.39. The molecule has 0 bridgehead atoms. The highest BCUT2D eigenvalue weighted by Gasteiger charge is 2.29. The van der Waals surface area contributed by atoms with Crippen LogP contribution in [0.5, 0.6) is 0 Å². The molecule has 0 atom stereocenters. The zero-order chi connectivity index (χ0) is 18.8. The van der Waals surface area contributed by atoms with Crippen molar-refractivity contribution >= 4 is 23.4 Å². The fourth-order valence-corrected chi connectivity index (χ4v) is 3.32. The van der Waals surface area contributed by atoms with Gasteiger partial charge in [-0.3, -0.25) is 14.3 Å². The van der Waals surface area contributed by atoms with Crippen LogP contribution in [0.25, 0.3) is 0 Å². The summed E-state index contributed by atoms with van der Waals surface area (Å²) in [7, 11) is 1.84. The molecule has 2 aromatic rings. The zero-order valence-corrected chi connectivity index (χ0v) is 16.0. The predicted octanol–water partition coefficient (Wildman–Crippen LogP) is 2.54. The number of hydrogen-bond donors (Lipinski definition) is 1. The summed E-state index contributed by atoms with van der Waals surface area (Å²) in [4.78, 5) is 26.8. The van der Waals surface area contributed by atoms with Gasteiger partial charge >= 0.3 is 0 Å². The zero-order valence-electron chi connectivity index (χ0n) is 15.3. The summed E-state index contributed by atoms with van der Waals surface area (Å²) in [6.45, 7) is 5.27. The molecule has 1 aromatic heterocycles. The maximum Gasteiger partial charge on any atom is 0.272 e. The molecule has 0 saturated heterocycles. The highest BCUT2D eigenvalue weighted by molar-refractivity contribution is 6.30. The number of nitrogens with one attached hydrogen (secondary N) is 1. The van der Waals surface area contributed by atoms with E-state index in [1.165, 1.54) is 0 Å². The normalized spacial score (nSPS) is 13.7. The smallest absolute Gasteiger partial charge is 0.272 e. The molecule has 0 unspecified atom stereocenters. The third-order valence-corrected chi connectivity index (χ3v) is 4.88. The molecule has 2 amide bonds. The standard InChI is InChI=1S/C19H23ClN4O2/c1-12(2)19(26)24-9-8-16-15(11-24)17(22-23(16)3)18(25)21-10-13-4-6-14(20)7-5-13/h4-7,12H,8-11H2,1-3H3,(H,21,25). The lowest BCUT2D eigenvalue weighted by Gasteiger charge is -2.29. The fourth-order valence-electron chi connectivity index (χ4n) is 3.20. The number of halogens is 1. The minimum absolute atomic E-state index is 0.0598. The van der Waals surface area contributed by atoms with Gasteiger partial charge in [0.05, 0.1) is 0 Å². The molecule has 1 aliphatic rings. The van der Waals surface area contributed by atoms with Crippen molar-refractivity contribution in [3.05, 3.63) is 51.8 Å². The Balaban J connectivity index is 1.75. The summed E-state index contributed by atoms with van der Waals surface area (Å²) in [6.07, 6.45) is 0.710. The number of carbonyl (C=O) groups is 2. The molecular formula is C19H23ClN4O2. The molecule has 3 rings (SSSR count). The second kappa shape index (κ2) is 7.50. The van der Waals surface area contributed by atoms with Gasteiger partial charge in [0, 0.05) is 55.3 Å². The number of hydrogen-bond acceptors (Lipinski definition) is 3. The van der Waals surface area contributed by atoms with Crippen LogP contribution in [0.1, 0.15) is 41.2 Å². The van der Waals surface area contributed by atoms with E-state index in [1.807, 2.05) is 37.9 Å². The average molecular weight is 375 g/mol. The second-order valence-electron chi connectivity index (χ2n) is 6.87. The van der Waals surface area contributed by atoms with E-state index in [4.69, 9.17) is 11.6 Å². The van der Waals surface area contributed by atoms with Gasteiger partial charge in [-0.1, -0.05) is 37.6 Å². The van der Waals surface area contributed by atoms with E-state index in [2.05, 4.69) is 10.4 Å². The van der Waals surface area contributed by atoms with Gasteiger partial charge in [-0.15, -0.1) is 0 Å². The van der Waals surface area contributed by atoms with Crippen molar-refractivity contribution in [2.45, 2.75) is 33.4 Å². The molecule has 1 aliphatic heterocycles. The summed E-state index contributed by atoms with van der Waals surface area (Å²) >= 11 is 5.88. The van der Waals surface area contributed by atoms with Crippen molar-refractivity contribution in [3.8, 4) is 0 Å². The second-order valence-corrected chi connectivity index (χ2v) is 7.31. The predicted molar refractivity (Wildman–Crippen MR) is 99.8 cm³/mol. The number of fused-ring (bicyclic) bond motifs is 1. The van der Waals surface area contributed by atoms with Gasteiger partial charge in [-0.2, -0.15) is 5.10 Å². The first-order valence-electron chi connectivity index (χ1n) is 8.73. The van der Waals surface area contributed by atoms with E-state index >= 15 is 0 Å². The summed E-state index contributed by atoms with van der Waals surface area (Å²) < 4.78 is 1.75. The minimum atomic E-state index is -0.226. The number of benzene rings is 1. The van der Waals surface area contributed by atoms with Crippen LogP contribution in [0.15, 0.2) is 24.3 Å². The van der Waals surface area contributed by atoms with E-state index in [1.54, 1.807) is 16.8 Å². The molecule has 26 heavy (non-hydrogen) atoms. The number of aromatic nitrogens is 2. The molecule has 6 nitrogen and oxygen atoms in total. The lowest BCUT2D eigenvalue weighted by molar-refractivity contribution is -0.135. The summed E-state index contributed by atoms with van der Waals surface area (Å²) in [5.41, 5.74) is 3.23. The Hall–Kier alpha value is -2.34. The summed E-state index contributed by atoms with van der Waals surface area (Å²) in [5, 5.41) is 7.97. The van der Waals surface area contributed by atoms with Crippen LogP contribution >= 0.6 is 11.6 Å². The SMILES string of the molecule is CC(C)C(=O)N1CCc2c(c(C(=O)NCc3ccc(Cl)cc3)nn2C)C1. The molecule has 0 aliphatic carbocycles. The van der Waals surface area contributed by atoms with Crippen LogP contribution in [-0.2, 0) is 31.4 Å². The Bertz CT molecular complexity index is 827. The van der Waals surface area contributed by atoms with Crippen LogP contribution in [-0.4, -0.2) is 33.0 Å². The van der Waals surface area contributed by atoms with Crippen molar-refractivity contribution < 1.29 is 9.59 Å². The summed E-state index contributed by atoms with van der Waals surface area (Å²) in [5.74, 6) is -0.182. The Morgan fingerprint density at radius 3 is 2.62 bits per heavy atom. The van der Waals surface area contributed by atoms with E-state index in [9.17, 15) is 9.59 Å². The highest BCUT2D eigenvalue weighted by Crippen LogP contribution is 2.23. The Kier molecular flexibility index (Phi) is 5.32. The number of aryl methyl sites for hydroxylation is 1. The Morgan fingerprint density at radius 1 is 1.27 bits per heavy atom. The molecular weight excluding hydrogens is 352 g/mol. The maximum absolute atomic E-state index is 12.7. The van der Waals surface area contributed by atoms with Gasteiger partial charge < -0.3 is 10.2 Å². The fraction of sp³-hybridized carbons (Fsp3) is 0.421. The van der Waals surface area contributed by atoms with Gasteiger partial charge in [0.25, 0.3) is 5.91 Å². The van der Waals surface area contributed by atoms with E-state index < -0.39 is 0 Å². The summed E-state index contributed by atoms with van der Waals surface area (Å²) in [6, 6.07) is 7.33. The van der Waals surface area contributed by atoms with Gasteiger partial charge in [0.15, 0.2) is 5.69 Å². The van der Waals surface area contributed by atoms with Gasteiger partial charge in [0.2, 0.25) is 5.91 Å². The van der Waals surface area contributed by atoms with E-state index in [-0.39, 0.29) is 17.7 Å². The first-order chi connectivity index (χ1) is 12.4. The molecule has 0 spiro atoms. The van der Waals surface area contributed by atoms with Crippen LogP contribution < -0.4 is 5.32 Å². The van der Waals surface area contributed by atoms with Crippen LogP contribution in [0.2, 0.25) is 5.02 Å². The first-order valence-corrected chi connectivity index (χ1v) is 9.10. The third kappa shape index (κ3) is 3.75. The Labute approximate surface area is 158 Å². The monoisotopic (exact) mass is 374 g/mol. The highest BCUT2D eigenvalue weighted by atomic mass is 35.5. The van der Waals surface area contributed by atoms with Crippen molar-refractivity contribution in [2.75, 3.05) is 6.54 Å². The molecule has 1 N–H and O–H groups in total. The van der Waals surface area contributed by atoms with Crippen molar-refractivity contribution in [1.82, 2.24) is 20.0 Å². The number of rotatable bonds is 4. The minimum Gasteiger partial charge on any atom is -0.347 e. The lowest BCUT2D eigenvalue weighted by atomic mass is 10.0. The van der Waals surface area contributed by atoms with Crippen molar-refractivity contribution in [1.29, 1.82) is 0 Å². The number of nitrogens with zero attached hydrogens (tertiary/aromatic N) is 3. The van der Waals surface area contributed by atoms with E-state index in [0.29, 0.717) is 36.8 Å². The number of amides is 2. The van der Waals surface area contributed by atoms with E-state index in [0.717, 1.165) is 16.8 Å².